The van der Waals surface area contributed by atoms with Gasteiger partial charge in [-0.25, -0.2) is 9.69 Å². The lowest BCUT2D eigenvalue weighted by Gasteiger charge is -2.19. The molecule has 5 heteroatoms. The second-order valence-electron chi connectivity index (χ2n) is 5.54. The Bertz CT molecular complexity index is 492. The molecule has 0 aliphatic carbocycles. The Morgan fingerprint density at radius 1 is 1.18 bits per heavy atom. The maximum atomic E-state index is 12.3. The summed E-state index contributed by atoms with van der Waals surface area (Å²) in [6, 6.07) is 9.71. The molecule has 1 aromatic carbocycles. The van der Waals surface area contributed by atoms with Gasteiger partial charge in [0.15, 0.2) is 0 Å². The Kier molecular flexibility index (Phi) is 6.90. The third-order valence-corrected chi connectivity index (χ3v) is 4.38. The average molecular weight is 368 g/mol. The van der Waals surface area contributed by atoms with Crippen molar-refractivity contribution in [1.82, 2.24) is 4.90 Å². The predicted octanol–water partition coefficient (Wildman–Crippen LogP) is 3.92. The summed E-state index contributed by atoms with van der Waals surface area (Å²) in [6.07, 6.45) is 4.65. The summed E-state index contributed by atoms with van der Waals surface area (Å²) in [7, 11) is 0. The highest BCUT2D eigenvalue weighted by Gasteiger charge is 2.37. The number of imide groups is 1. The van der Waals surface area contributed by atoms with E-state index in [9.17, 15) is 9.59 Å². The van der Waals surface area contributed by atoms with Gasteiger partial charge in [0.25, 0.3) is 0 Å². The lowest BCUT2D eigenvalue weighted by Crippen LogP contribution is -2.40. The third-order valence-electron chi connectivity index (χ3n) is 3.82. The fourth-order valence-corrected chi connectivity index (χ4v) is 3.04. The van der Waals surface area contributed by atoms with E-state index >= 15 is 0 Å². The smallest absolute Gasteiger partial charge is 0.416 e. The Balaban J connectivity index is 1.86. The number of halogens is 1. The molecule has 1 aromatic rings. The molecule has 0 aromatic heterocycles. The number of unbranched alkanes of at least 4 members (excludes halogenated alkanes) is 3. The molecule has 1 unspecified atom stereocenters. The molecule has 0 saturated carbocycles. The van der Waals surface area contributed by atoms with E-state index in [0.29, 0.717) is 19.4 Å². The molecule has 0 bridgehead atoms. The number of cyclic esters (lactones) is 1. The minimum atomic E-state index is -0.494. The molecular formula is C17H22BrNO3. The summed E-state index contributed by atoms with van der Waals surface area (Å²) in [6.45, 7) is 0.295. The number of benzene rings is 1. The van der Waals surface area contributed by atoms with Crippen LogP contribution >= 0.6 is 15.9 Å². The first-order valence-electron chi connectivity index (χ1n) is 7.81. The van der Waals surface area contributed by atoms with E-state index in [1.54, 1.807) is 0 Å². The molecule has 1 atom stereocenters. The van der Waals surface area contributed by atoms with Gasteiger partial charge in [0.2, 0.25) is 5.91 Å². The van der Waals surface area contributed by atoms with Crippen LogP contribution in [0.25, 0.3) is 0 Å². The Morgan fingerprint density at radius 2 is 1.91 bits per heavy atom. The van der Waals surface area contributed by atoms with Crippen LogP contribution in [0.3, 0.4) is 0 Å². The highest BCUT2D eigenvalue weighted by Crippen LogP contribution is 2.19. The van der Waals surface area contributed by atoms with Crippen LogP contribution in [-0.4, -0.2) is 34.9 Å². The zero-order chi connectivity index (χ0) is 15.8. The fraction of sp³-hybridized carbons (Fsp3) is 0.529. The molecule has 0 spiro atoms. The molecule has 1 aliphatic rings. The van der Waals surface area contributed by atoms with Gasteiger partial charge >= 0.3 is 6.09 Å². The standard InChI is InChI=1S/C17H22BrNO3/c18-11-7-2-1-6-10-16(20)19-15(13-22-17(19)21)12-14-8-4-3-5-9-14/h3-5,8-9,15H,1-2,6-7,10-13H2. The molecule has 2 amide bonds. The molecule has 1 heterocycles. The second-order valence-corrected chi connectivity index (χ2v) is 6.33. The maximum absolute atomic E-state index is 12.3. The zero-order valence-electron chi connectivity index (χ0n) is 12.7. The molecule has 2 rings (SSSR count). The van der Waals surface area contributed by atoms with Gasteiger partial charge in [0, 0.05) is 11.8 Å². The van der Waals surface area contributed by atoms with E-state index in [1.165, 1.54) is 4.90 Å². The van der Waals surface area contributed by atoms with Crippen molar-refractivity contribution in [1.29, 1.82) is 0 Å². The van der Waals surface area contributed by atoms with E-state index < -0.39 is 6.09 Å². The zero-order valence-corrected chi connectivity index (χ0v) is 14.3. The topological polar surface area (TPSA) is 46.6 Å². The molecule has 22 heavy (non-hydrogen) atoms. The number of amides is 2. The summed E-state index contributed by atoms with van der Waals surface area (Å²) in [5.41, 5.74) is 1.11. The first-order chi connectivity index (χ1) is 10.7. The number of carbonyl (C=O) groups excluding carboxylic acids is 2. The minimum absolute atomic E-state index is 0.109. The monoisotopic (exact) mass is 367 g/mol. The van der Waals surface area contributed by atoms with Crippen molar-refractivity contribution in [3.05, 3.63) is 35.9 Å². The van der Waals surface area contributed by atoms with Gasteiger partial charge in [-0.1, -0.05) is 59.1 Å². The summed E-state index contributed by atoms with van der Waals surface area (Å²) in [5, 5.41) is 0.999. The lowest BCUT2D eigenvalue weighted by molar-refractivity contribution is -0.129. The van der Waals surface area contributed by atoms with E-state index in [0.717, 1.165) is 36.6 Å². The lowest BCUT2D eigenvalue weighted by atomic mass is 10.1. The summed E-state index contributed by atoms with van der Waals surface area (Å²) in [4.78, 5) is 25.5. The first kappa shape index (κ1) is 17.0. The summed E-state index contributed by atoms with van der Waals surface area (Å²) >= 11 is 3.40. The molecule has 1 aliphatic heterocycles. The maximum Gasteiger partial charge on any atom is 0.416 e. The van der Waals surface area contributed by atoms with Crippen LogP contribution in [0, 0.1) is 0 Å². The highest BCUT2D eigenvalue weighted by atomic mass is 79.9. The number of hydrogen-bond acceptors (Lipinski definition) is 3. The van der Waals surface area contributed by atoms with Crippen molar-refractivity contribution in [2.75, 3.05) is 11.9 Å². The minimum Gasteiger partial charge on any atom is -0.447 e. The Hall–Kier alpha value is -1.36. The summed E-state index contributed by atoms with van der Waals surface area (Å²) < 4.78 is 5.08. The molecule has 1 fully saturated rings. The number of nitrogens with zero attached hydrogens (tertiary/aromatic N) is 1. The quantitative estimate of drug-likeness (QED) is 0.516. The third kappa shape index (κ3) is 4.83. The van der Waals surface area contributed by atoms with Crippen LogP contribution in [0.1, 0.15) is 37.7 Å². The number of carbonyl (C=O) groups is 2. The number of hydrogen-bond donors (Lipinski definition) is 0. The Morgan fingerprint density at radius 3 is 2.64 bits per heavy atom. The number of ether oxygens (including phenoxy) is 1. The van der Waals surface area contributed by atoms with Crippen molar-refractivity contribution < 1.29 is 14.3 Å². The first-order valence-corrected chi connectivity index (χ1v) is 8.93. The summed E-state index contributed by atoms with van der Waals surface area (Å²) in [5.74, 6) is -0.109. The largest absolute Gasteiger partial charge is 0.447 e. The van der Waals surface area contributed by atoms with Crippen LogP contribution in [0.2, 0.25) is 0 Å². The number of alkyl halides is 1. The fourth-order valence-electron chi connectivity index (χ4n) is 2.65. The van der Waals surface area contributed by atoms with Crippen molar-refractivity contribution in [2.24, 2.45) is 0 Å². The molecule has 0 N–H and O–H groups in total. The van der Waals surface area contributed by atoms with E-state index in [4.69, 9.17) is 4.74 Å². The SMILES string of the molecule is O=C(CCCCCCBr)N1C(=O)OCC1Cc1ccccc1. The van der Waals surface area contributed by atoms with Crippen LogP contribution < -0.4 is 0 Å². The number of rotatable bonds is 8. The van der Waals surface area contributed by atoms with E-state index in [-0.39, 0.29) is 11.9 Å². The Labute approximate surface area is 140 Å². The van der Waals surface area contributed by atoms with Crippen LogP contribution in [0.5, 0.6) is 0 Å². The van der Waals surface area contributed by atoms with Crippen LogP contribution in [0.15, 0.2) is 30.3 Å². The normalized spacial score (nSPS) is 17.6. The van der Waals surface area contributed by atoms with E-state index in [2.05, 4.69) is 15.9 Å². The van der Waals surface area contributed by atoms with Crippen LogP contribution in [-0.2, 0) is 16.0 Å². The van der Waals surface area contributed by atoms with Crippen molar-refractivity contribution in [3.63, 3.8) is 0 Å². The molecule has 4 nitrogen and oxygen atoms in total. The highest BCUT2D eigenvalue weighted by molar-refractivity contribution is 9.09. The van der Waals surface area contributed by atoms with Gasteiger partial charge in [-0.2, -0.15) is 0 Å². The van der Waals surface area contributed by atoms with Gasteiger partial charge < -0.3 is 4.74 Å². The predicted molar refractivity (Wildman–Crippen MR) is 89.0 cm³/mol. The van der Waals surface area contributed by atoms with Gasteiger partial charge in [0.05, 0.1) is 6.04 Å². The van der Waals surface area contributed by atoms with Crippen molar-refractivity contribution in [3.8, 4) is 0 Å². The molecular weight excluding hydrogens is 346 g/mol. The van der Waals surface area contributed by atoms with Gasteiger partial charge in [0.1, 0.15) is 6.61 Å². The van der Waals surface area contributed by atoms with Crippen LogP contribution in [0.4, 0.5) is 4.79 Å². The van der Waals surface area contributed by atoms with Crippen molar-refractivity contribution in [2.45, 2.75) is 44.6 Å². The molecule has 1 saturated heterocycles. The average Bonchev–Trinajstić information content (AvgIpc) is 2.88. The molecule has 0 radical (unpaired) electrons. The van der Waals surface area contributed by atoms with Gasteiger partial charge in [-0.3, -0.25) is 4.79 Å². The molecule has 120 valence electrons. The van der Waals surface area contributed by atoms with Crippen molar-refractivity contribution >= 4 is 27.9 Å². The van der Waals surface area contributed by atoms with E-state index in [1.807, 2.05) is 30.3 Å². The van der Waals surface area contributed by atoms with Gasteiger partial charge in [-0.15, -0.1) is 0 Å². The van der Waals surface area contributed by atoms with Gasteiger partial charge in [-0.05, 0) is 24.8 Å². The second kappa shape index (κ2) is 8.93.